The molecule has 1 atom stereocenters. The minimum atomic E-state index is 0.370. The number of carbonyl (C=O) groups is 1. The molecular weight excluding hydrogens is 262 g/mol. The van der Waals surface area contributed by atoms with Crippen LogP contribution in [0.5, 0.6) is 0 Å². The first kappa shape index (κ1) is 14.6. The molecule has 1 N–H and O–H groups in total. The fourth-order valence-corrected chi connectivity index (χ4v) is 3.83. The van der Waals surface area contributed by atoms with Crippen molar-refractivity contribution in [3.63, 3.8) is 0 Å². The number of imidazole rings is 1. The van der Waals surface area contributed by atoms with E-state index in [2.05, 4.69) is 14.9 Å². The molecule has 0 bridgehead atoms. The van der Waals surface area contributed by atoms with E-state index in [1.165, 1.54) is 32.1 Å². The first-order valence-corrected chi connectivity index (χ1v) is 8.51. The number of rotatable bonds is 3. The van der Waals surface area contributed by atoms with Gasteiger partial charge in [-0.1, -0.05) is 19.3 Å². The topological polar surface area (TPSA) is 49.0 Å². The molecule has 1 aliphatic carbocycles. The van der Waals surface area contributed by atoms with Crippen molar-refractivity contribution in [2.24, 2.45) is 5.92 Å². The molecule has 0 aromatic carbocycles. The number of aromatic amines is 1. The number of hydrogen-bond acceptors (Lipinski definition) is 2. The first-order chi connectivity index (χ1) is 10.2. The molecule has 1 saturated carbocycles. The number of hydrogen-bond donors (Lipinski definition) is 1. The minimum Gasteiger partial charge on any atom is -0.346 e. The average molecular weight is 289 g/mol. The normalized spacial score (nSPS) is 24.2. The monoisotopic (exact) mass is 289 g/mol. The maximum Gasteiger partial charge on any atom is 0.222 e. The van der Waals surface area contributed by atoms with Crippen LogP contribution >= 0.6 is 0 Å². The van der Waals surface area contributed by atoms with Crippen molar-refractivity contribution < 1.29 is 4.79 Å². The highest BCUT2D eigenvalue weighted by molar-refractivity contribution is 5.76. The van der Waals surface area contributed by atoms with Crippen molar-refractivity contribution in [2.75, 3.05) is 13.1 Å². The lowest BCUT2D eigenvalue weighted by atomic mass is 9.86. The zero-order chi connectivity index (χ0) is 14.7. The summed E-state index contributed by atoms with van der Waals surface area (Å²) in [4.78, 5) is 22.4. The van der Waals surface area contributed by atoms with Crippen molar-refractivity contribution in [3.8, 4) is 0 Å². The van der Waals surface area contributed by atoms with Crippen LogP contribution in [0.2, 0.25) is 0 Å². The van der Waals surface area contributed by atoms with Gasteiger partial charge >= 0.3 is 0 Å². The number of amides is 1. The summed E-state index contributed by atoms with van der Waals surface area (Å²) in [5.74, 6) is 2.46. The fourth-order valence-electron chi connectivity index (χ4n) is 3.83. The highest BCUT2D eigenvalue weighted by Gasteiger charge is 2.28. The van der Waals surface area contributed by atoms with Crippen LogP contribution in [-0.4, -0.2) is 33.9 Å². The van der Waals surface area contributed by atoms with Crippen molar-refractivity contribution in [3.05, 3.63) is 17.7 Å². The Labute approximate surface area is 127 Å². The molecule has 4 nitrogen and oxygen atoms in total. The van der Waals surface area contributed by atoms with Gasteiger partial charge in [0.25, 0.3) is 0 Å². The lowest BCUT2D eigenvalue weighted by Gasteiger charge is -2.33. The van der Waals surface area contributed by atoms with E-state index in [0.717, 1.165) is 43.9 Å². The molecule has 1 aliphatic heterocycles. The summed E-state index contributed by atoms with van der Waals surface area (Å²) in [7, 11) is 0. The number of aromatic nitrogens is 2. The smallest absolute Gasteiger partial charge is 0.222 e. The number of likely N-dealkylation sites (tertiary alicyclic amines) is 1. The molecule has 2 fully saturated rings. The maximum absolute atomic E-state index is 12.5. The van der Waals surface area contributed by atoms with Gasteiger partial charge in [-0.3, -0.25) is 4.79 Å². The highest BCUT2D eigenvalue weighted by Crippen LogP contribution is 2.29. The van der Waals surface area contributed by atoms with E-state index in [1.807, 2.05) is 13.1 Å². The predicted molar refractivity (Wildman–Crippen MR) is 83.1 cm³/mol. The third kappa shape index (κ3) is 3.66. The van der Waals surface area contributed by atoms with Crippen LogP contribution in [-0.2, 0) is 4.79 Å². The van der Waals surface area contributed by atoms with Gasteiger partial charge in [0.2, 0.25) is 5.91 Å². The van der Waals surface area contributed by atoms with E-state index in [0.29, 0.717) is 17.7 Å². The van der Waals surface area contributed by atoms with Gasteiger partial charge < -0.3 is 9.88 Å². The Bertz CT molecular complexity index is 476. The Kier molecular flexibility index (Phi) is 4.61. The second-order valence-corrected chi connectivity index (χ2v) is 6.84. The molecule has 0 spiro atoms. The van der Waals surface area contributed by atoms with Crippen LogP contribution in [0.3, 0.4) is 0 Å². The summed E-state index contributed by atoms with van der Waals surface area (Å²) in [5.41, 5.74) is 1.11. The van der Waals surface area contributed by atoms with E-state index in [1.54, 1.807) is 0 Å². The van der Waals surface area contributed by atoms with Crippen LogP contribution in [0.4, 0.5) is 0 Å². The Balaban J connectivity index is 1.56. The van der Waals surface area contributed by atoms with Gasteiger partial charge in [-0.15, -0.1) is 0 Å². The number of nitrogens with one attached hydrogen (secondary N) is 1. The van der Waals surface area contributed by atoms with Gasteiger partial charge in [-0.2, -0.15) is 0 Å². The SMILES string of the molecule is Cc1cnc([C@H]2CCCN(C(=O)CC3CCCCC3)C2)[nH]1. The van der Waals surface area contributed by atoms with Crippen molar-refractivity contribution in [1.29, 1.82) is 0 Å². The molecule has 4 heteroatoms. The number of aryl methyl sites for hydroxylation is 1. The average Bonchev–Trinajstić information content (AvgIpc) is 2.95. The van der Waals surface area contributed by atoms with Crippen molar-refractivity contribution in [2.45, 2.75) is 64.2 Å². The molecule has 0 unspecified atom stereocenters. The highest BCUT2D eigenvalue weighted by atomic mass is 16.2. The summed E-state index contributed by atoms with van der Waals surface area (Å²) in [5, 5.41) is 0. The lowest BCUT2D eigenvalue weighted by Crippen LogP contribution is -2.40. The van der Waals surface area contributed by atoms with E-state index in [4.69, 9.17) is 0 Å². The number of carbonyl (C=O) groups excluding carboxylic acids is 1. The van der Waals surface area contributed by atoms with Gasteiger partial charge in [0, 0.05) is 37.3 Å². The van der Waals surface area contributed by atoms with Crippen LogP contribution in [0.15, 0.2) is 6.20 Å². The summed E-state index contributed by atoms with van der Waals surface area (Å²) < 4.78 is 0. The van der Waals surface area contributed by atoms with Crippen LogP contribution in [0.1, 0.15) is 68.8 Å². The molecule has 21 heavy (non-hydrogen) atoms. The lowest BCUT2D eigenvalue weighted by molar-refractivity contribution is -0.133. The minimum absolute atomic E-state index is 0.370. The third-order valence-corrected chi connectivity index (χ3v) is 5.07. The van der Waals surface area contributed by atoms with E-state index < -0.39 is 0 Å². The van der Waals surface area contributed by atoms with E-state index in [9.17, 15) is 4.79 Å². The van der Waals surface area contributed by atoms with Gasteiger partial charge in [0.1, 0.15) is 5.82 Å². The molecule has 1 saturated heterocycles. The van der Waals surface area contributed by atoms with Crippen LogP contribution in [0, 0.1) is 12.8 Å². The van der Waals surface area contributed by atoms with Crippen molar-refractivity contribution in [1.82, 2.24) is 14.9 Å². The molecular formula is C17H27N3O. The summed E-state index contributed by atoms with van der Waals surface area (Å²) >= 11 is 0. The van der Waals surface area contributed by atoms with E-state index >= 15 is 0 Å². The Hall–Kier alpha value is -1.32. The Morgan fingerprint density at radius 2 is 2.10 bits per heavy atom. The molecule has 2 aliphatic rings. The second-order valence-electron chi connectivity index (χ2n) is 6.84. The zero-order valence-electron chi connectivity index (χ0n) is 13.1. The summed E-state index contributed by atoms with van der Waals surface area (Å²) in [6, 6.07) is 0. The Morgan fingerprint density at radius 1 is 1.29 bits per heavy atom. The standard InChI is InChI=1S/C17H27N3O/c1-13-11-18-17(19-13)15-8-5-9-20(12-15)16(21)10-14-6-3-2-4-7-14/h11,14-15H,2-10,12H2,1H3,(H,18,19)/t15-/m0/s1. The number of piperidine rings is 1. The zero-order valence-corrected chi connectivity index (χ0v) is 13.1. The third-order valence-electron chi connectivity index (χ3n) is 5.07. The van der Waals surface area contributed by atoms with Gasteiger partial charge in [-0.25, -0.2) is 4.98 Å². The largest absolute Gasteiger partial charge is 0.346 e. The molecule has 1 aromatic heterocycles. The van der Waals surface area contributed by atoms with Gasteiger partial charge in [0.15, 0.2) is 0 Å². The molecule has 0 radical (unpaired) electrons. The van der Waals surface area contributed by atoms with Crippen molar-refractivity contribution >= 4 is 5.91 Å². The molecule has 1 aromatic rings. The van der Waals surface area contributed by atoms with Crippen LogP contribution in [0.25, 0.3) is 0 Å². The quantitative estimate of drug-likeness (QED) is 0.927. The van der Waals surface area contributed by atoms with Crippen LogP contribution < -0.4 is 0 Å². The fraction of sp³-hybridized carbons (Fsp3) is 0.765. The maximum atomic E-state index is 12.5. The van der Waals surface area contributed by atoms with E-state index in [-0.39, 0.29) is 0 Å². The number of nitrogens with zero attached hydrogens (tertiary/aromatic N) is 2. The molecule has 116 valence electrons. The predicted octanol–water partition coefficient (Wildman–Crippen LogP) is 3.39. The first-order valence-electron chi connectivity index (χ1n) is 8.51. The Morgan fingerprint density at radius 3 is 2.81 bits per heavy atom. The van der Waals surface area contributed by atoms with Gasteiger partial charge in [0.05, 0.1) is 0 Å². The molecule has 2 heterocycles. The summed E-state index contributed by atoms with van der Waals surface area (Å²) in [6.45, 7) is 3.81. The second kappa shape index (κ2) is 6.63. The van der Waals surface area contributed by atoms with Gasteiger partial charge in [-0.05, 0) is 38.5 Å². The molecule has 3 rings (SSSR count). The molecule has 1 amide bonds. The number of H-pyrrole nitrogens is 1. The summed E-state index contributed by atoms with van der Waals surface area (Å²) in [6.07, 6.45) is 11.4.